The fourth-order valence-corrected chi connectivity index (χ4v) is 2.13. The van der Waals surface area contributed by atoms with Crippen molar-refractivity contribution in [2.75, 3.05) is 5.32 Å². The van der Waals surface area contributed by atoms with Crippen LogP contribution in [0.25, 0.3) is 21.9 Å². The third-order valence-corrected chi connectivity index (χ3v) is 3.07. The number of benzene rings is 1. The number of anilines is 1. The maximum Gasteiger partial charge on any atom is 0.133 e. The number of halogens is 1. The predicted molar refractivity (Wildman–Crippen MR) is 77.7 cm³/mol. The predicted octanol–water partition coefficient (Wildman–Crippen LogP) is 3.33. The van der Waals surface area contributed by atoms with Crippen molar-refractivity contribution >= 4 is 16.6 Å². The summed E-state index contributed by atoms with van der Waals surface area (Å²) in [6.45, 7) is 3.59. The molecule has 5 heteroatoms. The quantitative estimate of drug-likeness (QED) is 0.792. The smallest absolute Gasteiger partial charge is 0.133 e. The Morgan fingerprint density at radius 3 is 2.80 bits per heavy atom. The summed E-state index contributed by atoms with van der Waals surface area (Å²) in [7, 11) is 1.83. The zero-order valence-corrected chi connectivity index (χ0v) is 11.0. The lowest BCUT2D eigenvalue weighted by atomic mass is 10.0. The molecule has 4 nitrogen and oxygen atoms in total. The summed E-state index contributed by atoms with van der Waals surface area (Å²) in [4.78, 5) is 4.13. The summed E-state index contributed by atoms with van der Waals surface area (Å²) in [5.41, 5.74) is 1.67. The zero-order valence-electron chi connectivity index (χ0n) is 11.0. The first kappa shape index (κ1) is 12.3. The van der Waals surface area contributed by atoms with Crippen LogP contribution in [0.5, 0.6) is 0 Å². The van der Waals surface area contributed by atoms with Crippen LogP contribution in [0.15, 0.2) is 49.6 Å². The van der Waals surface area contributed by atoms with E-state index < -0.39 is 0 Å². The lowest BCUT2D eigenvalue weighted by Crippen LogP contribution is -1.92. The maximum absolute atomic E-state index is 14.1. The molecule has 0 spiro atoms. The summed E-state index contributed by atoms with van der Waals surface area (Å²) < 4.78 is 15.8. The molecule has 1 aromatic carbocycles. The molecule has 2 heterocycles. The number of hydrogen-bond acceptors (Lipinski definition) is 3. The van der Waals surface area contributed by atoms with Gasteiger partial charge in [-0.25, -0.2) is 9.37 Å². The molecule has 100 valence electrons. The van der Waals surface area contributed by atoms with Crippen LogP contribution in [-0.4, -0.2) is 14.8 Å². The van der Waals surface area contributed by atoms with Gasteiger partial charge in [0.15, 0.2) is 0 Å². The van der Waals surface area contributed by atoms with Gasteiger partial charge in [-0.3, -0.25) is 4.68 Å². The molecule has 0 fully saturated rings. The van der Waals surface area contributed by atoms with Crippen molar-refractivity contribution in [1.29, 1.82) is 0 Å². The van der Waals surface area contributed by atoms with Crippen LogP contribution in [-0.2, 0) is 7.05 Å². The first-order valence-corrected chi connectivity index (χ1v) is 6.13. The normalized spacial score (nSPS) is 10.7. The number of aromatic nitrogens is 3. The van der Waals surface area contributed by atoms with Gasteiger partial charge in [-0.1, -0.05) is 6.58 Å². The average molecular weight is 268 g/mol. The highest BCUT2D eigenvalue weighted by Gasteiger charge is 2.08. The van der Waals surface area contributed by atoms with E-state index in [9.17, 15) is 4.39 Å². The summed E-state index contributed by atoms with van der Waals surface area (Å²) in [6.07, 6.45) is 6.62. The second-order valence-electron chi connectivity index (χ2n) is 4.50. The van der Waals surface area contributed by atoms with Crippen molar-refractivity contribution in [3.05, 3.63) is 55.4 Å². The van der Waals surface area contributed by atoms with Crippen LogP contribution in [0.1, 0.15) is 0 Å². The van der Waals surface area contributed by atoms with Gasteiger partial charge in [0.1, 0.15) is 11.6 Å². The van der Waals surface area contributed by atoms with Gasteiger partial charge in [0.05, 0.1) is 6.20 Å². The van der Waals surface area contributed by atoms with Gasteiger partial charge in [-0.15, -0.1) is 0 Å². The number of rotatable bonds is 3. The molecule has 3 rings (SSSR count). The first-order chi connectivity index (χ1) is 9.67. The second kappa shape index (κ2) is 4.77. The lowest BCUT2D eigenvalue weighted by molar-refractivity contribution is 0.640. The monoisotopic (exact) mass is 268 g/mol. The van der Waals surface area contributed by atoms with E-state index >= 15 is 0 Å². The van der Waals surface area contributed by atoms with Crippen LogP contribution in [0.3, 0.4) is 0 Å². The van der Waals surface area contributed by atoms with Crippen LogP contribution >= 0.6 is 0 Å². The van der Waals surface area contributed by atoms with Gasteiger partial charge in [0, 0.05) is 30.4 Å². The van der Waals surface area contributed by atoms with Crippen molar-refractivity contribution in [2.45, 2.75) is 0 Å². The minimum atomic E-state index is -0.293. The van der Waals surface area contributed by atoms with Crippen molar-refractivity contribution in [3.63, 3.8) is 0 Å². The maximum atomic E-state index is 14.1. The van der Waals surface area contributed by atoms with Gasteiger partial charge >= 0.3 is 0 Å². The Balaban J connectivity index is 2.17. The van der Waals surface area contributed by atoms with E-state index in [1.54, 1.807) is 16.9 Å². The molecule has 0 saturated carbocycles. The van der Waals surface area contributed by atoms with Crippen molar-refractivity contribution in [2.24, 2.45) is 7.05 Å². The highest BCUT2D eigenvalue weighted by Crippen LogP contribution is 2.27. The molecular formula is C15H13FN4. The number of fused-ring (bicyclic) bond motifs is 1. The molecule has 0 atom stereocenters. The Bertz CT molecular complexity index is 792. The highest BCUT2D eigenvalue weighted by molar-refractivity contribution is 5.89. The molecule has 0 bridgehead atoms. The van der Waals surface area contributed by atoms with Crippen LogP contribution in [0.2, 0.25) is 0 Å². The van der Waals surface area contributed by atoms with Gasteiger partial charge in [0.2, 0.25) is 0 Å². The minimum absolute atomic E-state index is 0.293. The van der Waals surface area contributed by atoms with Crippen LogP contribution in [0, 0.1) is 5.82 Å². The van der Waals surface area contributed by atoms with Gasteiger partial charge in [0.25, 0.3) is 0 Å². The summed E-state index contributed by atoms with van der Waals surface area (Å²) in [5, 5.41) is 8.28. The minimum Gasteiger partial charge on any atom is -0.347 e. The Kier molecular flexibility index (Phi) is 2.95. The molecule has 1 N–H and O–H groups in total. The van der Waals surface area contributed by atoms with Gasteiger partial charge in [-0.05, 0) is 35.3 Å². The Morgan fingerprint density at radius 2 is 2.10 bits per heavy atom. The van der Waals surface area contributed by atoms with Crippen molar-refractivity contribution in [3.8, 4) is 11.1 Å². The van der Waals surface area contributed by atoms with Crippen molar-refractivity contribution in [1.82, 2.24) is 14.8 Å². The second-order valence-corrected chi connectivity index (χ2v) is 4.50. The zero-order chi connectivity index (χ0) is 14.1. The fraction of sp³-hybridized carbons (Fsp3) is 0.0667. The van der Waals surface area contributed by atoms with E-state index in [1.165, 1.54) is 18.5 Å². The third-order valence-electron chi connectivity index (χ3n) is 3.07. The number of nitrogens with one attached hydrogen (secondary N) is 1. The summed E-state index contributed by atoms with van der Waals surface area (Å²) in [5.74, 6) is 0.342. The Hall–Kier alpha value is -2.69. The van der Waals surface area contributed by atoms with Crippen LogP contribution < -0.4 is 5.32 Å². The van der Waals surface area contributed by atoms with E-state index in [-0.39, 0.29) is 5.82 Å². The number of nitrogens with zero attached hydrogens (tertiary/aromatic N) is 3. The standard InChI is InChI=1S/C15H13FN4/c1-3-17-15-6-11-4-10(12-7-19-20(2)9-12)5-14(16)13(11)8-18-15/h3-9H,1H2,2H3,(H,17,18). The molecule has 0 radical (unpaired) electrons. The van der Waals surface area contributed by atoms with E-state index in [0.717, 1.165) is 16.5 Å². The van der Waals surface area contributed by atoms with E-state index in [4.69, 9.17) is 0 Å². The molecule has 3 aromatic rings. The number of aryl methyl sites for hydroxylation is 1. The largest absolute Gasteiger partial charge is 0.347 e. The molecule has 0 aliphatic carbocycles. The first-order valence-electron chi connectivity index (χ1n) is 6.13. The molecule has 2 aromatic heterocycles. The average Bonchev–Trinajstić information content (AvgIpc) is 2.85. The summed E-state index contributed by atoms with van der Waals surface area (Å²) in [6, 6.07) is 5.22. The number of hydrogen-bond donors (Lipinski definition) is 1. The molecule has 0 amide bonds. The molecular weight excluding hydrogens is 255 g/mol. The Labute approximate surface area is 115 Å². The fourth-order valence-electron chi connectivity index (χ4n) is 2.13. The third kappa shape index (κ3) is 2.14. The van der Waals surface area contributed by atoms with Gasteiger partial charge < -0.3 is 5.32 Å². The topological polar surface area (TPSA) is 42.7 Å². The summed E-state index contributed by atoms with van der Waals surface area (Å²) >= 11 is 0. The SMILES string of the molecule is C=CNc1cc2cc(-c3cnn(C)c3)cc(F)c2cn1. The highest BCUT2D eigenvalue weighted by atomic mass is 19.1. The number of pyridine rings is 1. The molecule has 0 aliphatic rings. The van der Waals surface area contributed by atoms with Crippen molar-refractivity contribution < 1.29 is 4.39 Å². The molecule has 0 unspecified atom stereocenters. The van der Waals surface area contributed by atoms with Crippen LogP contribution in [0.4, 0.5) is 10.2 Å². The molecule has 20 heavy (non-hydrogen) atoms. The van der Waals surface area contributed by atoms with E-state index in [1.807, 2.05) is 19.3 Å². The molecule has 0 saturated heterocycles. The molecule has 0 aliphatic heterocycles. The van der Waals surface area contributed by atoms with Gasteiger partial charge in [-0.2, -0.15) is 5.10 Å². The Morgan fingerprint density at radius 1 is 1.25 bits per heavy atom. The van der Waals surface area contributed by atoms with E-state index in [2.05, 4.69) is 22.0 Å². The lowest BCUT2D eigenvalue weighted by Gasteiger charge is -2.06. The van der Waals surface area contributed by atoms with E-state index in [0.29, 0.717) is 11.2 Å².